The van der Waals surface area contributed by atoms with Crippen molar-refractivity contribution in [1.29, 1.82) is 0 Å². The molecule has 0 bridgehead atoms. The third kappa shape index (κ3) is 1.42. The van der Waals surface area contributed by atoms with Gasteiger partial charge in [0.25, 0.3) is 0 Å². The van der Waals surface area contributed by atoms with Crippen LogP contribution in [0.1, 0.15) is 10.4 Å². The van der Waals surface area contributed by atoms with Crippen molar-refractivity contribution in [3.63, 3.8) is 0 Å². The lowest BCUT2D eigenvalue weighted by molar-refractivity contribution is 0.112. The Bertz CT molecular complexity index is 462. The normalized spacial score (nSPS) is 10.1. The fourth-order valence-corrected chi connectivity index (χ4v) is 1.31. The SMILES string of the molecule is Cn1cc(-c2cnccc2C=O)cn1. The van der Waals surface area contributed by atoms with Crippen LogP contribution < -0.4 is 0 Å². The van der Waals surface area contributed by atoms with Crippen molar-refractivity contribution in [2.24, 2.45) is 7.05 Å². The second-order valence-corrected chi connectivity index (χ2v) is 2.98. The molecule has 4 nitrogen and oxygen atoms in total. The summed E-state index contributed by atoms with van der Waals surface area (Å²) in [5, 5.41) is 4.04. The number of pyridine rings is 1. The van der Waals surface area contributed by atoms with Crippen LogP contribution in [-0.4, -0.2) is 21.1 Å². The third-order valence-electron chi connectivity index (χ3n) is 2.00. The van der Waals surface area contributed by atoms with Crippen molar-refractivity contribution >= 4 is 6.29 Å². The highest BCUT2D eigenvalue weighted by Gasteiger charge is 2.05. The molecule has 0 fully saturated rings. The van der Waals surface area contributed by atoms with E-state index in [1.807, 2.05) is 13.2 Å². The molecule has 0 unspecified atom stereocenters. The van der Waals surface area contributed by atoms with E-state index in [0.29, 0.717) is 5.56 Å². The van der Waals surface area contributed by atoms with Gasteiger partial charge in [0.15, 0.2) is 6.29 Å². The lowest BCUT2D eigenvalue weighted by atomic mass is 10.1. The van der Waals surface area contributed by atoms with Gasteiger partial charge < -0.3 is 0 Å². The highest BCUT2D eigenvalue weighted by molar-refractivity contribution is 5.86. The summed E-state index contributed by atoms with van der Waals surface area (Å²) in [7, 11) is 1.83. The Balaban J connectivity index is 2.55. The Morgan fingerprint density at radius 2 is 2.29 bits per heavy atom. The van der Waals surface area contributed by atoms with Crippen molar-refractivity contribution in [2.75, 3.05) is 0 Å². The van der Waals surface area contributed by atoms with Gasteiger partial charge in [0.05, 0.1) is 6.20 Å². The molecule has 0 atom stereocenters. The van der Waals surface area contributed by atoms with Gasteiger partial charge in [0.1, 0.15) is 0 Å². The Hall–Kier alpha value is -1.97. The molecular formula is C10H9N3O. The zero-order valence-electron chi connectivity index (χ0n) is 7.71. The number of aromatic nitrogens is 3. The quantitative estimate of drug-likeness (QED) is 0.665. The van der Waals surface area contributed by atoms with Crippen molar-refractivity contribution in [3.05, 3.63) is 36.4 Å². The minimum atomic E-state index is 0.632. The molecule has 0 aliphatic carbocycles. The first-order chi connectivity index (χ1) is 6.81. The molecule has 0 aliphatic rings. The van der Waals surface area contributed by atoms with Crippen LogP contribution in [0.25, 0.3) is 11.1 Å². The predicted octanol–water partition coefficient (Wildman–Crippen LogP) is 1.29. The molecule has 0 aliphatic heterocycles. The fourth-order valence-electron chi connectivity index (χ4n) is 1.31. The smallest absolute Gasteiger partial charge is 0.150 e. The van der Waals surface area contributed by atoms with Crippen LogP contribution in [0.15, 0.2) is 30.9 Å². The Labute approximate surface area is 81.2 Å². The minimum Gasteiger partial charge on any atom is -0.298 e. The zero-order chi connectivity index (χ0) is 9.97. The summed E-state index contributed by atoms with van der Waals surface area (Å²) < 4.78 is 1.69. The molecule has 0 saturated carbocycles. The van der Waals surface area contributed by atoms with Crippen LogP contribution in [0, 0.1) is 0 Å². The summed E-state index contributed by atoms with van der Waals surface area (Å²) in [6.07, 6.45) is 7.66. The average molecular weight is 187 g/mol. The molecule has 70 valence electrons. The van der Waals surface area contributed by atoms with Crippen LogP contribution in [0.4, 0.5) is 0 Å². The van der Waals surface area contributed by atoms with E-state index in [1.54, 1.807) is 29.3 Å². The lowest BCUT2D eigenvalue weighted by Gasteiger charge is -1.98. The van der Waals surface area contributed by atoms with Gasteiger partial charge >= 0.3 is 0 Å². The summed E-state index contributed by atoms with van der Waals surface area (Å²) in [4.78, 5) is 14.7. The van der Waals surface area contributed by atoms with Gasteiger partial charge in [0, 0.05) is 42.3 Å². The monoisotopic (exact) mass is 187 g/mol. The summed E-state index contributed by atoms with van der Waals surface area (Å²) in [5.74, 6) is 0. The van der Waals surface area contributed by atoms with Gasteiger partial charge in [-0.15, -0.1) is 0 Å². The first kappa shape index (κ1) is 8.62. The molecule has 2 rings (SSSR count). The van der Waals surface area contributed by atoms with Gasteiger partial charge in [-0.1, -0.05) is 0 Å². The Morgan fingerprint density at radius 1 is 1.43 bits per heavy atom. The molecule has 0 radical (unpaired) electrons. The maximum Gasteiger partial charge on any atom is 0.150 e. The molecule has 0 saturated heterocycles. The molecule has 2 aromatic heterocycles. The molecule has 4 heteroatoms. The van der Waals surface area contributed by atoms with Gasteiger partial charge in [-0.05, 0) is 6.07 Å². The summed E-state index contributed by atoms with van der Waals surface area (Å²) in [6, 6.07) is 1.69. The second kappa shape index (κ2) is 3.41. The second-order valence-electron chi connectivity index (χ2n) is 2.98. The van der Waals surface area contributed by atoms with Crippen molar-refractivity contribution < 1.29 is 4.79 Å². The summed E-state index contributed by atoms with van der Waals surface area (Å²) in [6.45, 7) is 0. The van der Waals surface area contributed by atoms with E-state index >= 15 is 0 Å². The maximum absolute atomic E-state index is 10.8. The van der Waals surface area contributed by atoms with Crippen LogP contribution in [0.2, 0.25) is 0 Å². The largest absolute Gasteiger partial charge is 0.298 e. The van der Waals surface area contributed by atoms with Crippen molar-refractivity contribution in [2.45, 2.75) is 0 Å². The van der Waals surface area contributed by atoms with E-state index in [1.165, 1.54) is 0 Å². The highest BCUT2D eigenvalue weighted by Crippen LogP contribution is 2.20. The lowest BCUT2D eigenvalue weighted by Crippen LogP contribution is -1.87. The molecule has 0 amide bonds. The standard InChI is InChI=1S/C10H9N3O/c1-13-6-9(4-12-13)10-5-11-3-2-8(10)7-14/h2-7H,1H3. The van der Waals surface area contributed by atoms with E-state index in [9.17, 15) is 4.79 Å². The molecule has 2 aromatic rings. The van der Waals surface area contributed by atoms with Gasteiger partial charge in [-0.2, -0.15) is 5.10 Å². The molecular weight excluding hydrogens is 178 g/mol. The highest BCUT2D eigenvalue weighted by atomic mass is 16.1. The number of hydrogen-bond donors (Lipinski definition) is 0. The predicted molar refractivity (Wildman–Crippen MR) is 51.8 cm³/mol. The van der Waals surface area contributed by atoms with Crippen LogP contribution in [-0.2, 0) is 7.05 Å². The van der Waals surface area contributed by atoms with E-state index in [-0.39, 0.29) is 0 Å². The van der Waals surface area contributed by atoms with Crippen LogP contribution >= 0.6 is 0 Å². The van der Waals surface area contributed by atoms with Gasteiger partial charge in [-0.25, -0.2) is 0 Å². The topological polar surface area (TPSA) is 47.8 Å². The fraction of sp³-hybridized carbons (Fsp3) is 0.100. The number of nitrogens with zero attached hydrogens (tertiary/aromatic N) is 3. The molecule has 0 N–H and O–H groups in total. The maximum atomic E-state index is 10.8. The number of carbonyl (C=O) groups excluding carboxylic acids is 1. The number of hydrogen-bond acceptors (Lipinski definition) is 3. The minimum absolute atomic E-state index is 0.632. The van der Waals surface area contributed by atoms with Crippen molar-refractivity contribution in [3.8, 4) is 11.1 Å². The van der Waals surface area contributed by atoms with Crippen molar-refractivity contribution in [1.82, 2.24) is 14.8 Å². The van der Waals surface area contributed by atoms with Crippen LogP contribution in [0.3, 0.4) is 0 Å². The molecule has 0 spiro atoms. The zero-order valence-corrected chi connectivity index (χ0v) is 7.71. The van der Waals surface area contributed by atoms with Gasteiger partial charge in [-0.3, -0.25) is 14.5 Å². The van der Waals surface area contributed by atoms with E-state index in [2.05, 4.69) is 10.1 Å². The molecule has 2 heterocycles. The Morgan fingerprint density at radius 3 is 2.93 bits per heavy atom. The summed E-state index contributed by atoms with van der Waals surface area (Å²) >= 11 is 0. The van der Waals surface area contributed by atoms with Crippen LogP contribution in [0.5, 0.6) is 0 Å². The number of aldehydes is 1. The molecule has 14 heavy (non-hydrogen) atoms. The van der Waals surface area contributed by atoms with E-state index in [0.717, 1.165) is 17.4 Å². The number of carbonyl (C=O) groups is 1. The number of aryl methyl sites for hydroxylation is 1. The number of rotatable bonds is 2. The van der Waals surface area contributed by atoms with Gasteiger partial charge in [0.2, 0.25) is 0 Å². The van der Waals surface area contributed by atoms with E-state index in [4.69, 9.17) is 0 Å². The Kier molecular flexibility index (Phi) is 2.10. The first-order valence-electron chi connectivity index (χ1n) is 4.19. The third-order valence-corrected chi connectivity index (χ3v) is 2.00. The average Bonchev–Trinajstić information content (AvgIpc) is 2.65. The summed E-state index contributed by atoms with van der Waals surface area (Å²) in [5.41, 5.74) is 2.35. The first-order valence-corrected chi connectivity index (χ1v) is 4.19. The molecule has 0 aromatic carbocycles. The van der Waals surface area contributed by atoms with E-state index < -0.39 is 0 Å².